The summed E-state index contributed by atoms with van der Waals surface area (Å²) in [4.78, 5) is 48.2. The van der Waals surface area contributed by atoms with Gasteiger partial charge in [0.05, 0.1) is 42.2 Å². The number of ether oxygens (including phenoxy) is 2. The fraction of sp³-hybridized carbons (Fsp3) is 0.207. The van der Waals surface area contributed by atoms with Gasteiger partial charge in [0.1, 0.15) is 5.75 Å². The number of nitrogens with zero attached hydrogens (tertiary/aromatic N) is 4. The summed E-state index contributed by atoms with van der Waals surface area (Å²) in [6.45, 7) is 3.51. The minimum atomic E-state index is -0.539. The molecule has 0 fully saturated rings. The molecule has 0 aliphatic heterocycles. The van der Waals surface area contributed by atoms with E-state index in [1.54, 1.807) is 66.9 Å². The molecular weight excluding hydrogens is 576 g/mol. The highest BCUT2D eigenvalue weighted by Gasteiger charge is 2.21. The Kier molecular flexibility index (Phi) is 10.1. The second-order valence-electron chi connectivity index (χ2n) is 8.98. The first-order valence-electron chi connectivity index (χ1n) is 13.0. The summed E-state index contributed by atoms with van der Waals surface area (Å²) in [5, 5.41) is 25.7. The van der Waals surface area contributed by atoms with Crippen molar-refractivity contribution in [3.8, 4) is 11.4 Å². The molecule has 1 heterocycles. The Bertz CT molecular complexity index is 1660. The number of thioether (sulfide) groups is 1. The summed E-state index contributed by atoms with van der Waals surface area (Å²) in [6, 6.07) is 17.7. The van der Waals surface area contributed by atoms with E-state index in [0.717, 1.165) is 11.8 Å². The van der Waals surface area contributed by atoms with Gasteiger partial charge in [0, 0.05) is 22.9 Å². The Labute approximate surface area is 250 Å². The van der Waals surface area contributed by atoms with Gasteiger partial charge in [-0.25, -0.2) is 4.79 Å². The first-order valence-corrected chi connectivity index (χ1v) is 14.0. The maximum atomic E-state index is 12.9. The second kappa shape index (κ2) is 14.1. The summed E-state index contributed by atoms with van der Waals surface area (Å²) in [5.41, 5.74) is 1.88. The zero-order valence-corrected chi connectivity index (χ0v) is 24.3. The maximum Gasteiger partial charge on any atom is 0.338 e. The van der Waals surface area contributed by atoms with Crippen molar-refractivity contribution in [1.82, 2.24) is 20.1 Å². The third-order valence-electron chi connectivity index (χ3n) is 6.11. The van der Waals surface area contributed by atoms with Crippen molar-refractivity contribution in [2.24, 2.45) is 0 Å². The molecule has 222 valence electrons. The normalized spacial score (nSPS) is 10.6. The van der Waals surface area contributed by atoms with E-state index in [-0.39, 0.29) is 36.1 Å². The number of nitrogens with one attached hydrogen (secondary N) is 2. The molecule has 4 rings (SSSR count). The van der Waals surface area contributed by atoms with E-state index < -0.39 is 16.8 Å². The van der Waals surface area contributed by atoms with Crippen LogP contribution in [0, 0.1) is 17.0 Å². The van der Waals surface area contributed by atoms with Crippen LogP contribution in [0.3, 0.4) is 0 Å². The number of rotatable bonds is 12. The number of amides is 2. The van der Waals surface area contributed by atoms with Crippen molar-refractivity contribution in [3.63, 3.8) is 0 Å². The molecule has 0 bridgehead atoms. The molecule has 0 atom stereocenters. The van der Waals surface area contributed by atoms with E-state index in [9.17, 15) is 24.5 Å². The van der Waals surface area contributed by atoms with Crippen LogP contribution in [0.15, 0.2) is 71.9 Å². The third kappa shape index (κ3) is 7.54. The first kappa shape index (κ1) is 30.7. The van der Waals surface area contributed by atoms with Gasteiger partial charge in [-0.15, -0.1) is 10.2 Å². The number of esters is 1. The number of hydrogen-bond acceptors (Lipinski definition) is 10. The van der Waals surface area contributed by atoms with Gasteiger partial charge in [0.25, 0.3) is 11.6 Å². The number of nitro groups is 1. The van der Waals surface area contributed by atoms with Crippen LogP contribution in [0.2, 0.25) is 0 Å². The highest BCUT2D eigenvalue weighted by atomic mass is 32.2. The smallest absolute Gasteiger partial charge is 0.338 e. The lowest BCUT2D eigenvalue weighted by Gasteiger charge is -2.14. The molecule has 14 heteroatoms. The lowest BCUT2D eigenvalue weighted by molar-refractivity contribution is -0.385. The van der Waals surface area contributed by atoms with E-state index in [1.165, 1.54) is 25.3 Å². The van der Waals surface area contributed by atoms with Crippen LogP contribution in [0.1, 0.15) is 39.0 Å². The average Bonchev–Trinajstić information content (AvgIpc) is 3.41. The Morgan fingerprint density at radius 1 is 1.02 bits per heavy atom. The number of carbonyl (C=O) groups excluding carboxylic acids is 3. The van der Waals surface area contributed by atoms with Crippen LogP contribution < -0.4 is 15.4 Å². The number of benzene rings is 3. The standard InChI is InChI=1S/C29H28N6O7S/c1-4-42-28(38)19-11-13-21(14-12-19)31-26(36)17-43-29-33-32-25(34(29)22-7-5-6-8-24(22)41-3)16-30-27(37)20-10-9-18(2)23(15-20)35(39)40/h5-15H,4,16-17H2,1-3H3,(H,30,37)(H,31,36). The van der Waals surface area contributed by atoms with Crippen molar-refractivity contribution in [1.29, 1.82) is 0 Å². The molecule has 13 nitrogen and oxygen atoms in total. The topological polar surface area (TPSA) is 168 Å². The number of para-hydroxylation sites is 2. The fourth-order valence-electron chi connectivity index (χ4n) is 4.00. The van der Waals surface area contributed by atoms with E-state index >= 15 is 0 Å². The molecule has 43 heavy (non-hydrogen) atoms. The molecule has 3 aromatic carbocycles. The molecule has 0 saturated carbocycles. The van der Waals surface area contributed by atoms with Crippen molar-refractivity contribution in [2.75, 3.05) is 24.8 Å². The highest BCUT2D eigenvalue weighted by molar-refractivity contribution is 7.99. The number of nitro benzene ring substituents is 1. The molecule has 0 saturated heterocycles. The summed E-state index contributed by atoms with van der Waals surface area (Å²) in [5.74, 6) is -0.459. The quantitative estimate of drug-likeness (QED) is 0.103. The highest BCUT2D eigenvalue weighted by Crippen LogP contribution is 2.29. The van der Waals surface area contributed by atoms with Crippen molar-refractivity contribution >= 4 is 40.9 Å². The largest absolute Gasteiger partial charge is 0.495 e. The molecule has 1 aromatic heterocycles. The van der Waals surface area contributed by atoms with Gasteiger partial charge in [0.2, 0.25) is 5.91 Å². The van der Waals surface area contributed by atoms with Crippen LogP contribution in [0.25, 0.3) is 5.69 Å². The molecule has 0 aliphatic rings. The average molecular weight is 605 g/mol. The summed E-state index contributed by atoms with van der Waals surface area (Å²) < 4.78 is 12.2. The predicted molar refractivity (Wildman–Crippen MR) is 159 cm³/mol. The van der Waals surface area contributed by atoms with E-state index in [0.29, 0.717) is 39.2 Å². The van der Waals surface area contributed by atoms with Gasteiger partial charge in [-0.3, -0.25) is 24.3 Å². The minimum Gasteiger partial charge on any atom is -0.495 e. The van der Waals surface area contributed by atoms with Crippen LogP contribution in [0.5, 0.6) is 5.75 Å². The molecule has 0 spiro atoms. The van der Waals surface area contributed by atoms with Crippen LogP contribution in [-0.2, 0) is 16.1 Å². The van der Waals surface area contributed by atoms with Crippen molar-refractivity contribution in [2.45, 2.75) is 25.5 Å². The molecular formula is C29H28N6O7S. The van der Waals surface area contributed by atoms with E-state index in [2.05, 4.69) is 20.8 Å². The summed E-state index contributed by atoms with van der Waals surface area (Å²) >= 11 is 1.12. The monoisotopic (exact) mass is 604 g/mol. The Morgan fingerprint density at radius 2 is 1.74 bits per heavy atom. The zero-order valence-electron chi connectivity index (χ0n) is 23.5. The van der Waals surface area contributed by atoms with Crippen molar-refractivity contribution < 1.29 is 28.8 Å². The number of carbonyl (C=O) groups is 3. The van der Waals surface area contributed by atoms with E-state index in [4.69, 9.17) is 9.47 Å². The van der Waals surface area contributed by atoms with Crippen LogP contribution in [-0.4, -0.2) is 56.9 Å². The molecule has 2 N–H and O–H groups in total. The Morgan fingerprint density at radius 3 is 2.44 bits per heavy atom. The van der Waals surface area contributed by atoms with Gasteiger partial charge in [0.15, 0.2) is 11.0 Å². The first-order chi connectivity index (χ1) is 20.7. The molecule has 0 aliphatic carbocycles. The summed E-state index contributed by atoms with van der Waals surface area (Å²) in [7, 11) is 1.52. The second-order valence-corrected chi connectivity index (χ2v) is 9.92. The predicted octanol–water partition coefficient (Wildman–Crippen LogP) is 4.33. The maximum absolute atomic E-state index is 12.9. The van der Waals surface area contributed by atoms with Gasteiger partial charge >= 0.3 is 5.97 Å². The van der Waals surface area contributed by atoms with Gasteiger partial charge in [-0.05, 0) is 56.3 Å². The SMILES string of the molecule is CCOC(=O)c1ccc(NC(=O)CSc2nnc(CNC(=O)c3ccc(C)c([N+](=O)[O-])c3)n2-c2ccccc2OC)cc1. The number of aromatic nitrogens is 3. The number of aryl methyl sites for hydroxylation is 1. The van der Waals surface area contributed by atoms with Gasteiger partial charge in [-0.2, -0.15) is 0 Å². The molecule has 2 amide bonds. The Hall–Kier alpha value is -5.24. The number of anilines is 1. The zero-order chi connectivity index (χ0) is 30.9. The number of methoxy groups -OCH3 is 1. The van der Waals surface area contributed by atoms with Crippen molar-refractivity contribution in [3.05, 3.63) is 99.4 Å². The van der Waals surface area contributed by atoms with Gasteiger partial charge in [-0.1, -0.05) is 30.0 Å². The van der Waals surface area contributed by atoms with E-state index in [1.807, 2.05) is 0 Å². The minimum absolute atomic E-state index is 0.0215. The number of hydrogen-bond donors (Lipinski definition) is 2. The lowest BCUT2D eigenvalue weighted by atomic mass is 10.1. The Balaban J connectivity index is 1.50. The van der Waals surface area contributed by atoms with Gasteiger partial charge < -0.3 is 20.1 Å². The molecule has 4 aromatic rings. The molecule has 0 unspecified atom stereocenters. The van der Waals surface area contributed by atoms with Crippen LogP contribution in [0.4, 0.5) is 11.4 Å². The third-order valence-corrected chi connectivity index (χ3v) is 7.04. The van der Waals surface area contributed by atoms with Crippen LogP contribution >= 0.6 is 11.8 Å². The lowest BCUT2D eigenvalue weighted by Crippen LogP contribution is -2.25. The molecule has 0 radical (unpaired) electrons. The summed E-state index contributed by atoms with van der Waals surface area (Å²) in [6.07, 6.45) is 0. The fourth-order valence-corrected chi connectivity index (χ4v) is 4.77.